The molecule has 6 heteroatoms. The Kier molecular flexibility index (Phi) is 3.92. The molecule has 0 aliphatic rings. The predicted octanol–water partition coefficient (Wildman–Crippen LogP) is 4.17. The Morgan fingerprint density at radius 1 is 0.962 bits per heavy atom. The second-order valence-corrected chi connectivity index (χ2v) is 7.12. The lowest BCUT2D eigenvalue weighted by Gasteiger charge is -2.15. The van der Waals surface area contributed by atoms with Crippen LogP contribution in [0.3, 0.4) is 0 Å². The number of fused-ring (bicyclic) bond motifs is 1. The van der Waals surface area contributed by atoms with Crippen LogP contribution in [0.25, 0.3) is 21.3 Å². The van der Waals surface area contributed by atoms with Gasteiger partial charge in [0.2, 0.25) is 0 Å². The van der Waals surface area contributed by atoms with Gasteiger partial charge in [-0.05, 0) is 50.6 Å². The van der Waals surface area contributed by atoms with Gasteiger partial charge in [0, 0.05) is 22.3 Å². The zero-order valence-electron chi connectivity index (χ0n) is 15.1. The molecule has 0 saturated heterocycles. The Labute approximate surface area is 155 Å². The molecule has 0 saturated carbocycles. The van der Waals surface area contributed by atoms with Crippen LogP contribution in [0.2, 0.25) is 0 Å². The first-order valence-electron chi connectivity index (χ1n) is 8.32. The van der Waals surface area contributed by atoms with Gasteiger partial charge in [-0.2, -0.15) is 4.68 Å². The average molecular weight is 365 g/mol. The van der Waals surface area contributed by atoms with E-state index in [1.807, 2.05) is 67.2 Å². The van der Waals surface area contributed by atoms with Crippen LogP contribution < -0.4 is 10.3 Å². The van der Waals surface area contributed by atoms with Crippen molar-refractivity contribution in [2.24, 2.45) is 0 Å². The van der Waals surface area contributed by atoms with E-state index < -0.39 is 0 Å². The van der Waals surface area contributed by atoms with Crippen molar-refractivity contribution in [2.75, 3.05) is 7.11 Å². The minimum atomic E-state index is -0.0537. The van der Waals surface area contributed by atoms with Crippen molar-refractivity contribution in [1.29, 1.82) is 0 Å². The third-order valence-corrected chi connectivity index (χ3v) is 5.45. The fourth-order valence-corrected chi connectivity index (χ4v) is 4.26. The van der Waals surface area contributed by atoms with Gasteiger partial charge in [-0.1, -0.05) is 12.1 Å². The van der Waals surface area contributed by atoms with Crippen LogP contribution in [0.4, 0.5) is 0 Å². The molecule has 0 unspecified atom stereocenters. The summed E-state index contributed by atoms with van der Waals surface area (Å²) in [6.07, 6.45) is 0. The Morgan fingerprint density at radius 3 is 2.23 bits per heavy atom. The van der Waals surface area contributed by atoms with Crippen LogP contribution in [-0.2, 0) is 0 Å². The van der Waals surface area contributed by atoms with Crippen molar-refractivity contribution in [1.82, 2.24) is 14.3 Å². The number of rotatable bonds is 3. The van der Waals surface area contributed by atoms with Gasteiger partial charge >= 0.3 is 0 Å². The molecule has 0 atom stereocenters. The van der Waals surface area contributed by atoms with Gasteiger partial charge in [0.15, 0.2) is 0 Å². The number of thiophene rings is 1. The zero-order chi connectivity index (χ0) is 18.4. The molecule has 0 amide bonds. The summed E-state index contributed by atoms with van der Waals surface area (Å²) in [7, 11) is 1.64. The standard InChI is InChI=1S/C20H19N3O2S/c1-12-5-6-13(2)22(12)23-14(3)21-19-18(20(23)24)17(11-26-19)15-7-9-16(25-4)10-8-15/h5-11H,1-4H3. The fraction of sp³-hybridized carbons (Fsp3) is 0.200. The molecule has 0 radical (unpaired) electrons. The first-order valence-corrected chi connectivity index (χ1v) is 9.20. The van der Waals surface area contributed by atoms with E-state index in [0.717, 1.165) is 33.1 Å². The van der Waals surface area contributed by atoms with E-state index >= 15 is 0 Å². The molecule has 132 valence electrons. The molecule has 5 nitrogen and oxygen atoms in total. The molecule has 0 N–H and O–H groups in total. The maximum absolute atomic E-state index is 13.4. The summed E-state index contributed by atoms with van der Waals surface area (Å²) in [6.45, 7) is 5.84. The maximum atomic E-state index is 13.4. The highest BCUT2D eigenvalue weighted by Crippen LogP contribution is 2.32. The number of aromatic nitrogens is 3. The Bertz CT molecular complexity index is 1150. The summed E-state index contributed by atoms with van der Waals surface area (Å²) < 4.78 is 8.80. The summed E-state index contributed by atoms with van der Waals surface area (Å²) in [5.41, 5.74) is 3.82. The summed E-state index contributed by atoms with van der Waals surface area (Å²) in [4.78, 5) is 18.9. The van der Waals surface area contributed by atoms with Crippen LogP contribution in [0.1, 0.15) is 17.2 Å². The molecule has 0 bridgehead atoms. The number of aryl methyl sites for hydroxylation is 3. The fourth-order valence-electron chi connectivity index (χ4n) is 3.28. The lowest BCUT2D eigenvalue weighted by atomic mass is 10.1. The van der Waals surface area contributed by atoms with E-state index in [1.54, 1.807) is 11.8 Å². The van der Waals surface area contributed by atoms with E-state index in [1.165, 1.54) is 11.3 Å². The highest BCUT2D eigenvalue weighted by molar-refractivity contribution is 7.17. The molecule has 0 aliphatic heterocycles. The highest BCUT2D eigenvalue weighted by atomic mass is 32.1. The smallest absolute Gasteiger partial charge is 0.282 e. The van der Waals surface area contributed by atoms with Crippen molar-refractivity contribution in [2.45, 2.75) is 20.8 Å². The maximum Gasteiger partial charge on any atom is 0.282 e. The zero-order valence-corrected chi connectivity index (χ0v) is 15.9. The summed E-state index contributed by atoms with van der Waals surface area (Å²) in [5, 5.41) is 2.65. The molecule has 4 aromatic rings. The molecule has 0 spiro atoms. The number of ether oxygens (including phenoxy) is 1. The molecular weight excluding hydrogens is 346 g/mol. The second-order valence-electron chi connectivity index (χ2n) is 6.26. The Morgan fingerprint density at radius 2 is 1.62 bits per heavy atom. The Balaban J connectivity index is 2.01. The number of hydrogen-bond acceptors (Lipinski definition) is 4. The quantitative estimate of drug-likeness (QED) is 0.547. The topological polar surface area (TPSA) is 49.0 Å². The monoisotopic (exact) mass is 365 g/mol. The molecule has 0 aliphatic carbocycles. The Hall–Kier alpha value is -2.86. The van der Waals surface area contributed by atoms with E-state index in [9.17, 15) is 4.79 Å². The predicted molar refractivity (Wildman–Crippen MR) is 105 cm³/mol. The highest BCUT2D eigenvalue weighted by Gasteiger charge is 2.17. The number of benzene rings is 1. The minimum Gasteiger partial charge on any atom is -0.497 e. The molecule has 1 aromatic carbocycles. The van der Waals surface area contributed by atoms with Crippen LogP contribution in [-0.4, -0.2) is 21.4 Å². The van der Waals surface area contributed by atoms with E-state index in [-0.39, 0.29) is 5.56 Å². The number of nitrogens with zero attached hydrogens (tertiary/aromatic N) is 3. The first kappa shape index (κ1) is 16.6. The van der Waals surface area contributed by atoms with Gasteiger partial charge < -0.3 is 4.74 Å². The molecule has 4 rings (SSSR count). The third-order valence-electron chi connectivity index (χ3n) is 4.58. The van der Waals surface area contributed by atoms with E-state index in [2.05, 4.69) is 0 Å². The lowest BCUT2D eigenvalue weighted by Crippen LogP contribution is -2.30. The second kappa shape index (κ2) is 6.14. The first-order chi connectivity index (χ1) is 12.5. The van der Waals surface area contributed by atoms with Gasteiger partial charge in [-0.15, -0.1) is 11.3 Å². The van der Waals surface area contributed by atoms with Crippen molar-refractivity contribution in [3.63, 3.8) is 0 Å². The number of hydrogen-bond donors (Lipinski definition) is 0. The molecular formula is C20H19N3O2S. The van der Waals surface area contributed by atoms with Crippen LogP contribution in [0.15, 0.2) is 46.6 Å². The molecule has 3 heterocycles. The van der Waals surface area contributed by atoms with Gasteiger partial charge in [-0.3, -0.25) is 9.47 Å². The normalized spacial score (nSPS) is 11.2. The summed E-state index contributed by atoms with van der Waals surface area (Å²) >= 11 is 1.50. The van der Waals surface area contributed by atoms with Crippen LogP contribution in [0, 0.1) is 20.8 Å². The van der Waals surface area contributed by atoms with Crippen molar-refractivity contribution < 1.29 is 4.74 Å². The van der Waals surface area contributed by atoms with Crippen molar-refractivity contribution in [3.8, 4) is 16.9 Å². The molecule has 26 heavy (non-hydrogen) atoms. The van der Waals surface area contributed by atoms with Crippen LogP contribution in [0.5, 0.6) is 5.75 Å². The molecule has 3 aromatic heterocycles. The third kappa shape index (κ3) is 2.45. The van der Waals surface area contributed by atoms with E-state index in [0.29, 0.717) is 11.2 Å². The van der Waals surface area contributed by atoms with Gasteiger partial charge in [0.05, 0.1) is 12.5 Å². The van der Waals surface area contributed by atoms with E-state index in [4.69, 9.17) is 9.72 Å². The SMILES string of the molecule is COc1ccc(-c2csc3nc(C)n(-n4c(C)ccc4C)c(=O)c23)cc1. The largest absolute Gasteiger partial charge is 0.497 e. The van der Waals surface area contributed by atoms with Crippen molar-refractivity contribution in [3.05, 3.63) is 69.3 Å². The molecule has 0 fully saturated rings. The number of methoxy groups -OCH3 is 1. The van der Waals surface area contributed by atoms with Gasteiger partial charge in [0.25, 0.3) is 5.56 Å². The summed E-state index contributed by atoms with van der Waals surface area (Å²) in [5.74, 6) is 1.46. The van der Waals surface area contributed by atoms with Gasteiger partial charge in [0.1, 0.15) is 16.4 Å². The lowest BCUT2D eigenvalue weighted by molar-refractivity contribution is 0.415. The van der Waals surface area contributed by atoms with Crippen molar-refractivity contribution >= 4 is 21.6 Å². The minimum absolute atomic E-state index is 0.0537. The average Bonchev–Trinajstić information content (AvgIpc) is 3.20. The summed E-state index contributed by atoms with van der Waals surface area (Å²) in [6, 6.07) is 11.7. The van der Waals surface area contributed by atoms with Gasteiger partial charge in [-0.25, -0.2) is 4.98 Å². The van der Waals surface area contributed by atoms with Crippen LogP contribution >= 0.6 is 11.3 Å².